The molecule has 0 aromatic carbocycles. The summed E-state index contributed by atoms with van der Waals surface area (Å²) >= 11 is 0. The molecule has 2 aliphatic rings. The zero-order valence-electron chi connectivity index (χ0n) is 58.5. The lowest BCUT2D eigenvalue weighted by Crippen LogP contribution is -2.65. The van der Waals surface area contributed by atoms with Crippen molar-refractivity contribution in [1.82, 2.24) is 5.32 Å². The van der Waals surface area contributed by atoms with E-state index < -0.39 is 86.8 Å². The number of ether oxygens (including phenoxy) is 4. The number of aliphatic hydroxyl groups is 8. The third kappa shape index (κ3) is 45.7. The first-order valence-corrected chi connectivity index (χ1v) is 37.6. The van der Waals surface area contributed by atoms with Crippen LogP contribution in [0.25, 0.3) is 0 Å². The van der Waals surface area contributed by atoms with Crippen LogP contribution in [0.3, 0.4) is 0 Å². The minimum atomic E-state index is -1.80. The van der Waals surface area contributed by atoms with Crippen molar-refractivity contribution in [1.29, 1.82) is 0 Å². The Bertz CT molecular complexity index is 1980. The minimum absolute atomic E-state index is 0.252. The summed E-state index contributed by atoms with van der Waals surface area (Å²) in [5, 5.41) is 87.5. The lowest BCUT2D eigenvalue weighted by atomic mass is 9.97. The number of unbranched alkanes of at least 4 members (excludes halogenated alkanes) is 32. The van der Waals surface area contributed by atoms with Crippen LogP contribution in [0.2, 0.25) is 0 Å². The first-order chi connectivity index (χ1) is 45.6. The van der Waals surface area contributed by atoms with E-state index in [-0.39, 0.29) is 18.9 Å². The molecule has 14 nitrogen and oxygen atoms in total. The van der Waals surface area contributed by atoms with Crippen molar-refractivity contribution in [3.63, 3.8) is 0 Å². The highest BCUT2D eigenvalue weighted by molar-refractivity contribution is 5.76. The maximum absolute atomic E-state index is 13.4. The summed E-state index contributed by atoms with van der Waals surface area (Å²) < 4.78 is 22.9. The first kappa shape index (κ1) is 85.7. The van der Waals surface area contributed by atoms with Gasteiger partial charge in [0, 0.05) is 6.42 Å². The second kappa shape index (κ2) is 62.2. The maximum Gasteiger partial charge on any atom is 0.220 e. The van der Waals surface area contributed by atoms with Crippen LogP contribution >= 0.6 is 0 Å². The van der Waals surface area contributed by atoms with Gasteiger partial charge in [-0.25, -0.2) is 0 Å². The lowest BCUT2D eigenvalue weighted by Gasteiger charge is -2.46. The van der Waals surface area contributed by atoms with Crippen LogP contribution in [0, 0.1) is 0 Å². The molecule has 2 fully saturated rings. The van der Waals surface area contributed by atoms with Gasteiger partial charge >= 0.3 is 0 Å². The standard InChI is InChI=1S/C79H137NO13/c1-3-5-7-9-11-13-15-17-19-21-23-25-27-29-30-31-32-33-34-35-36-37-38-39-41-43-45-47-49-51-53-55-57-59-61-63-71(84)80-67(66-90-78-76(89)74(87)77(70(65-82)92-78)93-79-75(88)73(86)72(85)69(64-81)91-79)68(83)62-60-58-56-54-52-50-48-46-44-42-40-28-26-24-22-20-18-16-14-12-10-8-6-4-2/h5,7,11,13,17,19,23,25,29-30,32-33,35-36,52,54,60,62,67-70,72-79,81-83,85-89H,3-4,6,8-10,12,14-16,18,20-22,24,26-28,31,34,37-51,53,55-59,61,63-66H2,1-2H3,(H,80,84)/b7-5-,13-11-,19-17-,25-23-,30-29-,33-32-,36-35-,54-52+,62-60+. The van der Waals surface area contributed by atoms with Crippen LogP contribution in [-0.2, 0) is 23.7 Å². The van der Waals surface area contributed by atoms with Crippen LogP contribution in [0.15, 0.2) is 109 Å². The van der Waals surface area contributed by atoms with E-state index in [0.29, 0.717) is 12.8 Å². The summed E-state index contributed by atoms with van der Waals surface area (Å²) in [5.41, 5.74) is 0. The van der Waals surface area contributed by atoms with E-state index in [9.17, 15) is 45.6 Å². The highest BCUT2D eigenvalue weighted by Gasteiger charge is 2.51. The van der Waals surface area contributed by atoms with Crippen LogP contribution in [0.1, 0.15) is 290 Å². The monoisotopic (exact) mass is 1310 g/mol. The summed E-state index contributed by atoms with van der Waals surface area (Å²) in [6.07, 6.45) is 72.9. The molecule has 0 aromatic rings. The molecule has 2 saturated heterocycles. The fraction of sp³-hybridized carbons (Fsp3) is 0.759. The van der Waals surface area contributed by atoms with Crippen LogP contribution < -0.4 is 5.32 Å². The molecule has 0 aromatic heterocycles. The summed E-state index contributed by atoms with van der Waals surface area (Å²) in [4.78, 5) is 13.4. The molecule has 12 unspecified atom stereocenters. The van der Waals surface area contributed by atoms with E-state index in [1.807, 2.05) is 6.08 Å². The number of hydrogen-bond donors (Lipinski definition) is 9. The molecular formula is C79H137NO13. The SMILES string of the molecule is CC/C=C\C/C=C\C/C=C\C/C=C\C/C=C\C/C=C\C/C=C\CCCCCCCCCCCCCCCC(=O)NC(COC1OC(CO)C(OC2OC(CO)C(O)C(O)C2O)C(O)C1O)C(O)/C=C/CC/C=C/CCCCCCCCCCCCCCCCCCCC. The molecular weight excluding hydrogens is 1170 g/mol. The Kier molecular flexibility index (Phi) is 57.3. The summed E-state index contributed by atoms with van der Waals surface area (Å²) in [7, 11) is 0. The Morgan fingerprint density at radius 1 is 0.398 bits per heavy atom. The number of amides is 1. The van der Waals surface area contributed by atoms with E-state index >= 15 is 0 Å². The number of aliphatic hydroxyl groups excluding tert-OH is 8. The van der Waals surface area contributed by atoms with Crippen molar-refractivity contribution in [3.05, 3.63) is 109 Å². The molecule has 93 heavy (non-hydrogen) atoms. The normalized spacial score (nSPS) is 23.2. The van der Waals surface area contributed by atoms with Gasteiger partial charge in [-0.05, 0) is 89.9 Å². The average Bonchev–Trinajstić information content (AvgIpc) is 0.854. The van der Waals surface area contributed by atoms with E-state index in [4.69, 9.17) is 18.9 Å². The van der Waals surface area contributed by atoms with Crippen molar-refractivity contribution in [2.75, 3.05) is 19.8 Å². The van der Waals surface area contributed by atoms with E-state index in [1.165, 1.54) is 173 Å². The van der Waals surface area contributed by atoms with Crippen molar-refractivity contribution >= 4 is 5.91 Å². The minimum Gasteiger partial charge on any atom is -0.394 e. The van der Waals surface area contributed by atoms with Gasteiger partial charge in [0.15, 0.2) is 12.6 Å². The van der Waals surface area contributed by atoms with E-state index in [1.54, 1.807) is 6.08 Å². The van der Waals surface area contributed by atoms with Crippen molar-refractivity contribution < 1.29 is 64.6 Å². The van der Waals surface area contributed by atoms with Gasteiger partial charge in [0.2, 0.25) is 5.91 Å². The van der Waals surface area contributed by atoms with Crippen LogP contribution in [0.4, 0.5) is 0 Å². The zero-order valence-corrected chi connectivity index (χ0v) is 58.5. The zero-order chi connectivity index (χ0) is 67.3. The highest BCUT2D eigenvalue weighted by Crippen LogP contribution is 2.30. The predicted molar refractivity (Wildman–Crippen MR) is 382 cm³/mol. The van der Waals surface area contributed by atoms with Crippen molar-refractivity contribution in [2.24, 2.45) is 0 Å². The van der Waals surface area contributed by atoms with Gasteiger partial charge in [0.05, 0.1) is 32.0 Å². The highest BCUT2D eigenvalue weighted by atomic mass is 16.7. The van der Waals surface area contributed by atoms with Crippen molar-refractivity contribution in [2.45, 2.75) is 364 Å². The molecule has 0 radical (unpaired) electrons. The number of hydrogen-bond acceptors (Lipinski definition) is 13. The van der Waals surface area contributed by atoms with E-state index in [2.05, 4.69) is 116 Å². The molecule has 9 N–H and O–H groups in total. The number of rotatable bonds is 61. The second-order valence-electron chi connectivity index (χ2n) is 26.0. The van der Waals surface area contributed by atoms with Gasteiger partial charge in [0.25, 0.3) is 0 Å². The molecule has 2 rings (SSSR count). The van der Waals surface area contributed by atoms with Gasteiger partial charge < -0.3 is 65.1 Å². The van der Waals surface area contributed by atoms with Gasteiger partial charge in [0.1, 0.15) is 48.8 Å². The molecule has 0 saturated carbocycles. The molecule has 0 aliphatic carbocycles. The Hall–Kier alpha value is -3.35. The fourth-order valence-corrected chi connectivity index (χ4v) is 11.8. The molecule has 0 spiro atoms. The molecule has 12 atom stereocenters. The Morgan fingerprint density at radius 2 is 0.753 bits per heavy atom. The number of carbonyl (C=O) groups excluding carboxylic acids is 1. The molecule has 1 amide bonds. The smallest absolute Gasteiger partial charge is 0.220 e. The number of carbonyl (C=O) groups is 1. The summed E-state index contributed by atoms with van der Waals surface area (Å²) in [6, 6.07) is -0.940. The van der Waals surface area contributed by atoms with Crippen LogP contribution in [-0.4, -0.2) is 140 Å². The molecule has 2 heterocycles. The van der Waals surface area contributed by atoms with Gasteiger partial charge in [-0.1, -0.05) is 303 Å². The quantitative estimate of drug-likeness (QED) is 0.0204. The van der Waals surface area contributed by atoms with Crippen LogP contribution in [0.5, 0.6) is 0 Å². The molecule has 2 aliphatic heterocycles. The average molecular weight is 1310 g/mol. The Balaban J connectivity index is 1.66. The Morgan fingerprint density at radius 3 is 1.18 bits per heavy atom. The molecule has 0 bridgehead atoms. The molecule has 536 valence electrons. The summed E-state index contributed by atoms with van der Waals surface area (Å²) in [5.74, 6) is -0.252. The van der Waals surface area contributed by atoms with Gasteiger partial charge in [-0.15, -0.1) is 0 Å². The lowest BCUT2D eigenvalue weighted by molar-refractivity contribution is -0.359. The summed E-state index contributed by atoms with van der Waals surface area (Å²) in [6.45, 7) is 2.69. The second-order valence-corrected chi connectivity index (χ2v) is 26.0. The molecule has 14 heteroatoms. The third-order valence-electron chi connectivity index (χ3n) is 17.7. The fourth-order valence-electron chi connectivity index (χ4n) is 11.8. The topological polar surface area (TPSA) is 228 Å². The largest absolute Gasteiger partial charge is 0.394 e. The number of nitrogens with one attached hydrogen (secondary N) is 1. The van der Waals surface area contributed by atoms with Gasteiger partial charge in [-0.2, -0.15) is 0 Å². The third-order valence-corrected chi connectivity index (χ3v) is 17.7. The van der Waals surface area contributed by atoms with Crippen molar-refractivity contribution in [3.8, 4) is 0 Å². The Labute approximate surface area is 566 Å². The predicted octanol–water partition coefficient (Wildman–Crippen LogP) is 16.3. The van der Waals surface area contributed by atoms with E-state index in [0.717, 1.165) is 83.5 Å². The van der Waals surface area contributed by atoms with Gasteiger partial charge in [-0.3, -0.25) is 4.79 Å². The maximum atomic E-state index is 13.4. The first-order valence-electron chi connectivity index (χ1n) is 37.6. The number of allylic oxidation sites excluding steroid dienone is 17.